The number of carboxylic acid groups (broad SMARTS) is 1. The van der Waals surface area contributed by atoms with Gasteiger partial charge in [0.15, 0.2) is 0 Å². The molecule has 2 aromatic rings. The Morgan fingerprint density at radius 3 is 2.91 bits per heavy atom. The summed E-state index contributed by atoms with van der Waals surface area (Å²) in [6, 6.07) is 10.1. The van der Waals surface area contributed by atoms with Crippen LogP contribution in [0.3, 0.4) is 0 Å². The van der Waals surface area contributed by atoms with Crippen LogP contribution in [-0.4, -0.2) is 29.1 Å². The first-order valence-electron chi connectivity index (χ1n) is 7.82. The van der Waals surface area contributed by atoms with Crippen LogP contribution in [0.5, 0.6) is 0 Å². The van der Waals surface area contributed by atoms with Gasteiger partial charge in [0.1, 0.15) is 0 Å². The Bertz CT molecular complexity index is 700. The molecule has 0 radical (unpaired) electrons. The van der Waals surface area contributed by atoms with Crippen LogP contribution in [0.1, 0.15) is 34.9 Å². The second kappa shape index (κ2) is 7.04. The molecule has 3 rings (SSSR count). The Labute approximate surface area is 145 Å². The summed E-state index contributed by atoms with van der Waals surface area (Å²) in [5, 5.41) is 12.2. The molecule has 23 heavy (non-hydrogen) atoms. The molecule has 2 unspecified atom stereocenters. The number of halogens is 1. The summed E-state index contributed by atoms with van der Waals surface area (Å²) < 4.78 is 0. The van der Waals surface area contributed by atoms with Gasteiger partial charge >= 0.3 is 5.97 Å². The summed E-state index contributed by atoms with van der Waals surface area (Å²) in [5.74, 6) is -0.979. The lowest BCUT2D eigenvalue weighted by molar-refractivity contribution is -0.143. The minimum absolute atomic E-state index is 0.0795. The van der Waals surface area contributed by atoms with Gasteiger partial charge in [-0.1, -0.05) is 23.7 Å². The van der Waals surface area contributed by atoms with Crippen molar-refractivity contribution in [2.24, 2.45) is 5.92 Å². The van der Waals surface area contributed by atoms with Crippen LogP contribution in [0.4, 0.5) is 0 Å². The molecular formula is C18H20ClNO2S. The fourth-order valence-corrected chi connectivity index (χ4v) is 4.60. The van der Waals surface area contributed by atoms with E-state index in [1.54, 1.807) is 11.3 Å². The third kappa shape index (κ3) is 3.60. The zero-order chi connectivity index (χ0) is 16.4. The first kappa shape index (κ1) is 16.5. The molecule has 1 aliphatic rings. The van der Waals surface area contributed by atoms with Crippen LogP contribution >= 0.6 is 22.9 Å². The molecule has 2 atom stereocenters. The molecule has 1 aliphatic heterocycles. The monoisotopic (exact) mass is 349 g/mol. The molecule has 3 nitrogen and oxygen atoms in total. The Kier molecular flexibility index (Phi) is 5.05. The van der Waals surface area contributed by atoms with E-state index in [-0.39, 0.29) is 12.0 Å². The molecule has 5 heteroatoms. The van der Waals surface area contributed by atoms with Gasteiger partial charge in [-0.3, -0.25) is 9.69 Å². The predicted octanol–water partition coefficient (Wildman–Crippen LogP) is 4.60. The second-order valence-corrected chi connectivity index (χ2v) is 7.48. The molecule has 1 N–H and O–H groups in total. The number of piperidine rings is 1. The molecule has 1 fully saturated rings. The number of thiophene rings is 1. The van der Waals surface area contributed by atoms with Crippen molar-refractivity contribution >= 4 is 28.9 Å². The van der Waals surface area contributed by atoms with Gasteiger partial charge in [-0.15, -0.1) is 11.3 Å². The quantitative estimate of drug-likeness (QED) is 0.877. The van der Waals surface area contributed by atoms with E-state index < -0.39 is 5.97 Å². The number of benzene rings is 1. The summed E-state index contributed by atoms with van der Waals surface area (Å²) in [6.07, 6.45) is 1.68. The molecule has 2 heterocycles. The minimum atomic E-state index is -0.692. The molecule has 122 valence electrons. The lowest BCUT2D eigenvalue weighted by atomic mass is 9.93. The molecule has 0 spiro atoms. The Morgan fingerprint density at radius 1 is 1.43 bits per heavy atom. The van der Waals surface area contributed by atoms with E-state index in [1.165, 1.54) is 10.4 Å². The molecule has 0 saturated carbocycles. The number of aryl methyl sites for hydroxylation is 1. The maximum atomic E-state index is 11.4. The standard InChI is InChI=1S/C18H20ClNO2S/c1-12-7-9-23-17(12)16(13-4-2-6-15(19)10-13)20-8-3-5-14(11-20)18(21)22/h2,4,6-7,9-10,14,16H,3,5,8,11H2,1H3,(H,21,22). The number of nitrogens with zero attached hydrogens (tertiary/aromatic N) is 1. The van der Waals surface area contributed by atoms with Crippen molar-refractivity contribution in [2.75, 3.05) is 13.1 Å². The van der Waals surface area contributed by atoms with Gasteiger partial charge < -0.3 is 5.11 Å². The van der Waals surface area contributed by atoms with Gasteiger partial charge in [0.05, 0.1) is 12.0 Å². The smallest absolute Gasteiger partial charge is 0.307 e. The highest BCUT2D eigenvalue weighted by Crippen LogP contribution is 2.37. The third-order valence-corrected chi connectivity index (χ3v) is 5.79. The van der Waals surface area contributed by atoms with E-state index in [9.17, 15) is 9.90 Å². The van der Waals surface area contributed by atoms with E-state index in [0.717, 1.165) is 24.9 Å². The lowest BCUT2D eigenvalue weighted by Crippen LogP contribution is -2.41. The Morgan fingerprint density at radius 2 is 2.26 bits per heavy atom. The molecule has 1 aromatic heterocycles. The zero-order valence-corrected chi connectivity index (χ0v) is 14.6. The van der Waals surface area contributed by atoms with E-state index >= 15 is 0 Å². The average molecular weight is 350 g/mol. The van der Waals surface area contributed by atoms with Crippen LogP contribution in [0.15, 0.2) is 35.7 Å². The van der Waals surface area contributed by atoms with Crippen LogP contribution in [0.25, 0.3) is 0 Å². The van der Waals surface area contributed by atoms with Crippen molar-refractivity contribution in [2.45, 2.75) is 25.8 Å². The molecule has 0 aliphatic carbocycles. The maximum absolute atomic E-state index is 11.4. The summed E-state index contributed by atoms with van der Waals surface area (Å²) in [6.45, 7) is 3.62. The summed E-state index contributed by atoms with van der Waals surface area (Å²) >= 11 is 7.93. The number of hydrogen-bond acceptors (Lipinski definition) is 3. The fraction of sp³-hybridized carbons (Fsp3) is 0.389. The number of aliphatic carboxylic acids is 1. The number of carboxylic acids is 1. The highest BCUT2D eigenvalue weighted by molar-refractivity contribution is 7.10. The average Bonchev–Trinajstić information content (AvgIpc) is 2.94. The third-order valence-electron chi connectivity index (χ3n) is 4.48. The Hall–Kier alpha value is -1.36. The van der Waals surface area contributed by atoms with Crippen molar-refractivity contribution in [3.63, 3.8) is 0 Å². The molecule has 1 aromatic carbocycles. The fourth-order valence-electron chi connectivity index (χ4n) is 3.31. The summed E-state index contributed by atoms with van der Waals surface area (Å²) in [4.78, 5) is 15.0. The highest BCUT2D eigenvalue weighted by atomic mass is 35.5. The summed E-state index contributed by atoms with van der Waals surface area (Å²) in [5.41, 5.74) is 2.38. The van der Waals surface area contributed by atoms with Crippen molar-refractivity contribution in [3.05, 3.63) is 56.7 Å². The van der Waals surface area contributed by atoms with Gasteiger partial charge in [-0.25, -0.2) is 0 Å². The molecule has 0 amide bonds. The number of carbonyl (C=O) groups is 1. The van der Waals surface area contributed by atoms with Crippen LogP contribution < -0.4 is 0 Å². The number of hydrogen-bond donors (Lipinski definition) is 1. The van der Waals surface area contributed by atoms with E-state index in [2.05, 4.69) is 29.3 Å². The highest BCUT2D eigenvalue weighted by Gasteiger charge is 2.32. The minimum Gasteiger partial charge on any atom is -0.481 e. The zero-order valence-electron chi connectivity index (χ0n) is 13.0. The van der Waals surface area contributed by atoms with Crippen molar-refractivity contribution < 1.29 is 9.90 Å². The van der Waals surface area contributed by atoms with Crippen molar-refractivity contribution in [1.82, 2.24) is 4.90 Å². The molecular weight excluding hydrogens is 330 g/mol. The summed E-state index contributed by atoms with van der Waals surface area (Å²) in [7, 11) is 0. The lowest BCUT2D eigenvalue weighted by Gasteiger charge is -2.37. The number of likely N-dealkylation sites (tertiary alicyclic amines) is 1. The van der Waals surface area contributed by atoms with Gasteiger partial charge in [-0.2, -0.15) is 0 Å². The topological polar surface area (TPSA) is 40.5 Å². The largest absolute Gasteiger partial charge is 0.481 e. The van der Waals surface area contributed by atoms with E-state index in [1.807, 2.05) is 18.2 Å². The van der Waals surface area contributed by atoms with Crippen LogP contribution in [0, 0.1) is 12.8 Å². The normalized spacial score (nSPS) is 20.3. The predicted molar refractivity (Wildman–Crippen MR) is 94.3 cm³/mol. The van der Waals surface area contributed by atoms with Crippen molar-refractivity contribution in [1.29, 1.82) is 0 Å². The molecule has 0 bridgehead atoms. The first-order valence-corrected chi connectivity index (χ1v) is 9.08. The van der Waals surface area contributed by atoms with Gasteiger partial charge in [0.25, 0.3) is 0 Å². The second-order valence-electron chi connectivity index (χ2n) is 6.10. The van der Waals surface area contributed by atoms with Crippen LogP contribution in [-0.2, 0) is 4.79 Å². The van der Waals surface area contributed by atoms with Gasteiger partial charge in [-0.05, 0) is 61.0 Å². The van der Waals surface area contributed by atoms with E-state index in [4.69, 9.17) is 11.6 Å². The van der Waals surface area contributed by atoms with Crippen LogP contribution in [0.2, 0.25) is 5.02 Å². The van der Waals surface area contributed by atoms with Gasteiger partial charge in [0, 0.05) is 16.4 Å². The molecule has 1 saturated heterocycles. The Balaban J connectivity index is 1.99. The maximum Gasteiger partial charge on any atom is 0.307 e. The van der Waals surface area contributed by atoms with Crippen molar-refractivity contribution in [3.8, 4) is 0 Å². The van der Waals surface area contributed by atoms with Gasteiger partial charge in [0.2, 0.25) is 0 Å². The SMILES string of the molecule is Cc1ccsc1C(c1cccc(Cl)c1)N1CCCC(C(=O)O)C1. The number of rotatable bonds is 4. The van der Waals surface area contributed by atoms with E-state index in [0.29, 0.717) is 11.6 Å². The first-order chi connectivity index (χ1) is 11.1.